The molecule has 0 spiro atoms. The van der Waals surface area contributed by atoms with Crippen molar-refractivity contribution < 1.29 is 13.9 Å². The van der Waals surface area contributed by atoms with Gasteiger partial charge in [0.05, 0.1) is 6.61 Å². The maximum atomic E-state index is 13.1. The molecular formula is C27H30FN3O2. The van der Waals surface area contributed by atoms with Crippen molar-refractivity contribution >= 4 is 11.7 Å². The minimum Gasteiger partial charge on any atom is -0.494 e. The fourth-order valence-electron chi connectivity index (χ4n) is 4.22. The molecule has 0 unspecified atom stereocenters. The molecular weight excluding hydrogens is 417 g/mol. The number of amides is 2. The number of hydrogen-bond acceptors (Lipinski definition) is 3. The average molecular weight is 448 g/mol. The summed E-state index contributed by atoms with van der Waals surface area (Å²) in [6, 6.07) is 18.1. The molecule has 0 atom stereocenters. The van der Waals surface area contributed by atoms with Crippen LogP contribution in [0.3, 0.4) is 0 Å². The summed E-state index contributed by atoms with van der Waals surface area (Å²) in [7, 11) is 0. The van der Waals surface area contributed by atoms with Gasteiger partial charge in [0, 0.05) is 37.7 Å². The van der Waals surface area contributed by atoms with Crippen LogP contribution in [0.2, 0.25) is 0 Å². The van der Waals surface area contributed by atoms with Crippen LogP contribution in [0.5, 0.6) is 5.75 Å². The van der Waals surface area contributed by atoms with Gasteiger partial charge >= 0.3 is 6.03 Å². The number of carbonyl (C=O) groups excluding carboxylic acids is 1. The van der Waals surface area contributed by atoms with Gasteiger partial charge in [-0.15, -0.1) is 0 Å². The average Bonchev–Trinajstić information content (AvgIpc) is 3.17. The predicted molar refractivity (Wildman–Crippen MR) is 129 cm³/mol. The first-order chi connectivity index (χ1) is 15.9. The lowest BCUT2D eigenvalue weighted by Gasteiger charge is -2.30. The van der Waals surface area contributed by atoms with Gasteiger partial charge in [0.2, 0.25) is 0 Å². The van der Waals surface area contributed by atoms with E-state index in [9.17, 15) is 9.18 Å². The van der Waals surface area contributed by atoms with Crippen LogP contribution in [0.4, 0.5) is 14.9 Å². The molecule has 0 radical (unpaired) electrons. The minimum atomic E-state index is -0.234. The molecule has 5 nitrogen and oxygen atoms in total. The van der Waals surface area contributed by atoms with Crippen LogP contribution in [0, 0.1) is 11.2 Å². The van der Waals surface area contributed by atoms with Crippen molar-refractivity contribution in [2.45, 2.75) is 26.7 Å². The number of aromatic nitrogens is 1. The normalized spacial score (nSPS) is 14.1. The summed E-state index contributed by atoms with van der Waals surface area (Å²) in [5.74, 6) is 0.586. The highest BCUT2D eigenvalue weighted by molar-refractivity contribution is 5.94. The van der Waals surface area contributed by atoms with Crippen LogP contribution in [0.25, 0.3) is 11.1 Å². The second kappa shape index (κ2) is 10.0. The van der Waals surface area contributed by atoms with Crippen LogP contribution < -0.4 is 9.64 Å². The standard InChI is InChI=1S/C27H30FN3O2/c1-27(2,20-30-17-18-31(26(30)32)24-12-15-29-16-13-24)14-3-19-33-25-10-6-22(7-11-25)21-4-8-23(28)9-5-21/h4-13,15-16H,3,14,17-20H2,1-2H3. The van der Waals surface area contributed by atoms with Gasteiger partial charge in [-0.2, -0.15) is 0 Å². The largest absolute Gasteiger partial charge is 0.494 e. The highest BCUT2D eigenvalue weighted by Gasteiger charge is 2.33. The number of halogens is 1. The van der Waals surface area contributed by atoms with Crippen molar-refractivity contribution in [3.05, 3.63) is 78.9 Å². The predicted octanol–water partition coefficient (Wildman–Crippen LogP) is 6.02. The first-order valence-electron chi connectivity index (χ1n) is 11.4. The number of hydrogen-bond donors (Lipinski definition) is 0. The molecule has 1 aliphatic heterocycles. The summed E-state index contributed by atoms with van der Waals surface area (Å²) < 4.78 is 19.0. The van der Waals surface area contributed by atoms with E-state index in [4.69, 9.17) is 4.74 Å². The van der Waals surface area contributed by atoms with Crippen molar-refractivity contribution in [1.82, 2.24) is 9.88 Å². The number of urea groups is 1. The number of ether oxygens (including phenoxy) is 1. The number of rotatable bonds is 9. The van der Waals surface area contributed by atoms with E-state index in [1.165, 1.54) is 12.1 Å². The van der Waals surface area contributed by atoms with Gasteiger partial charge in [-0.3, -0.25) is 9.88 Å². The van der Waals surface area contributed by atoms with Gasteiger partial charge in [-0.1, -0.05) is 38.1 Å². The van der Waals surface area contributed by atoms with E-state index >= 15 is 0 Å². The van der Waals surface area contributed by atoms with E-state index < -0.39 is 0 Å². The molecule has 2 heterocycles. The molecule has 33 heavy (non-hydrogen) atoms. The van der Waals surface area contributed by atoms with Crippen molar-refractivity contribution in [3.8, 4) is 16.9 Å². The third-order valence-electron chi connectivity index (χ3n) is 5.99. The Morgan fingerprint density at radius 3 is 2.24 bits per heavy atom. The van der Waals surface area contributed by atoms with Gasteiger partial charge in [-0.25, -0.2) is 9.18 Å². The minimum absolute atomic E-state index is 0.000284. The monoisotopic (exact) mass is 447 g/mol. The highest BCUT2D eigenvalue weighted by Crippen LogP contribution is 2.28. The Labute approximate surface area is 194 Å². The van der Waals surface area contributed by atoms with Crippen LogP contribution in [0.1, 0.15) is 26.7 Å². The van der Waals surface area contributed by atoms with E-state index in [2.05, 4.69) is 18.8 Å². The van der Waals surface area contributed by atoms with Gasteiger partial charge in [-0.05, 0) is 65.8 Å². The molecule has 1 saturated heterocycles. The third kappa shape index (κ3) is 5.89. The molecule has 6 heteroatoms. The number of nitrogens with zero attached hydrogens (tertiary/aromatic N) is 3. The van der Waals surface area contributed by atoms with Crippen LogP contribution in [-0.4, -0.2) is 42.2 Å². The fraction of sp³-hybridized carbons (Fsp3) is 0.333. The Morgan fingerprint density at radius 2 is 1.58 bits per heavy atom. The Bertz CT molecular complexity index is 1050. The summed E-state index contributed by atoms with van der Waals surface area (Å²) in [5, 5.41) is 0. The quantitative estimate of drug-likeness (QED) is 0.377. The maximum absolute atomic E-state index is 13.1. The zero-order valence-corrected chi connectivity index (χ0v) is 19.2. The lowest BCUT2D eigenvalue weighted by molar-refractivity contribution is 0.177. The molecule has 1 aliphatic rings. The number of benzene rings is 2. The molecule has 0 saturated carbocycles. The van der Waals surface area contributed by atoms with Gasteiger partial charge in [0.25, 0.3) is 0 Å². The summed E-state index contributed by atoms with van der Waals surface area (Å²) in [5.41, 5.74) is 2.90. The van der Waals surface area contributed by atoms with Gasteiger partial charge in [0.1, 0.15) is 11.6 Å². The lowest BCUT2D eigenvalue weighted by Crippen LogP contribution is -2.38. The second-order valence-corrected chi connectivity index (χ2v) is 9.21. The molecule has 172 valence electrons. The summed E-state index contributed by atoms with van der Waals surface area (Å²) in [6.07, 6.45) is 5.29. The first-order valence-corrected chi connectivity index (χ1v) is 11.4. The summed E-state index contributed by atoms with van der Waals surface area (Å²) in [4.78, 5) is 20.6. The Hall–Kier alpha value is -3.41. The maximum Gasteiger partial charge on any atom is 0.324 e. The summed E-state index contributed by atoms with van der Waals surface area (Å²) in [6.45, 7) is 7.19. The number of carbonyl (C=O) groups is 1. The van der Waals surface area contributed by atoms with Crippen LogP contribution in [-0.2, 0) is 0 Å². The molecule has 4 rings (SSSR count). The van der Waals surface area contributed by atoms with Crippen molar-refractivity contribution in [1.29, 1.82) is 0 Å². The molecule has 0 N–H and O–H groups in total. The SMILES string of the molecule is CC(C)(CCCOc1ccc(-c2ccc(F)cc2)cc1)CN1CCN(c2ccncc2)C1=O. The fourth-order valence-corrected chi connectivity index (χ4v) is 4.22. The van der Waals surface area contributed by atoms with E-state index in [-0.39, 0.29) is 17.3 Å². The van der Waals surface area contributed by atoms with E-state index in [0.717, 1.165) is 48.5 Å². The summed E-state index contributed by atoms with van der Waals surface area (Å²) >= 11 is 0. The van der Waals surface area contributed by atoms with E-state index in [1.54, 1.807) is 24.5 Å². The molecule has 3 aromatic rings. The molecule has 1 fully saturated rings. The van der Waals surface area contributed by atoms with Crippen molar-refractivity contribution in [3.63, 3.8) is 0 Å². The van der Waals surface area contributed by atoms with Gasteiger partial charge in [0.15, 0.2) is 0 Å². The van der Waals surface area contributed by atoms with E-state index in [0.29, 0.717) is 13.2 Å². The first kappa shape index (κ1) is 22.8. The topological polar surface area (TPSA) is 45.7 Å². The van der Waals surface area contributed by atoms with Crippen molar-refractivity contribution in [2.75, 3.05) is 31.1 Å². The van der Waals surface area contributed by atoms with E-state index in [1.807, 2.05) is 46.2 Å². The molecule has 1 aromatic heterocycles. The smallest absolute Gasteiger partial charge is 0.324 e. The second-order valence-electron chi connectivity index (χ2n) is 9.21. The Kier molecular flexibility index (Phi) is 6.92. The molecule has 2 aromatic carbocycles. The number of pyridine rings is 1. The molecule has 0 bridgehead atoms. The number of anilines is 1. The van der Waals surface area contributed by atoms with Crippen LogP contribution in [0.15, 0.2) is 73.1 Å². The third-order valence-corrected chi connectivity index (χ3v) is 5.99. The zero-order valence-electron chi connectivity index (χ0n) is 19.2. The molecule has 2 amide bonds. The van der Waals surface area contributed by atoms with Crippen LogP contribution >= 0.6 is 0 Å². The lowest BCUT2D eigenvalue weighted by atomic mass is 9.87. The van der Waals surface area contributed by atoms with Crippen molar-refractivity contribution in [2.24, 2.45) is 5.41 Å². The Balaban J connectivity index is 1.22. The Morgan fingerprint density at radius 1 is 0.939 bits per heavy atom. The molecule has 0 aliphatic carbocycles. The zero-order chi connectivity index (χ0) is 23.3. The highest BCUT2D eigenvalue weighted by atomic mass is 19.1. The van der Waals surface area contributed by atoms with Gasteiger partial charge < -0.3 is 9.64 Å².